The fourth-order valence-electron chi connectivity index (χ4n) is 1.23. The quantitative estimate of drug-likeness (QED) is 0.578. The van der Waals surface area contributed by atoms with E-state index in [-0.39, 0.29) is 6.16 Å². The highest BCUT2D eigenvalue weighted by Gasteiger charge is 2.43. The summed E-state index contributed by atoms with van der Waals surface area (Å²) in [4.78, 5) is 8.89. The topological polar surface area (TPSA) is 40.1 Å². The molecule has 0 spiro atoms. The number of hydrogen-bond donors (Lipinski definition) is 0. The summed E-state index contributed by atoms with van der Waals surface area (Å²) in [6.07, 6.45) is -10.3. The van der Waals surface area contributed by atoms with Gasteiger partial charge < -0.3 is 9.90 Å². The lowest BCUT2D eigenvalue weighted by Gasteiger charge is -2.14. The van der Waals surface area contributed by atoms with Gasteiger partial charge in [-0.2, -0.15) is 26.3 Å². The van der Waals surface area contributed by atoms with Crippen molar-refractivity contribution in [3.05, 3.63) is 0 Å². The Kier molecular flexibility index (Phi) is 10.3. The lowest BCUT2D eigenvalue weighted by atomic mass is 10.4. The van der Waals surface area contributed by atoms with Gasteiger partial charge in [0, 0.05) is 13.9 Å². The van der Waals surface area contributed by atoms with E-state index in [0.29, 0.717) is 12.8 Å². The van der Waals surface area contributed by atoms with E-state index in [4.69, 9.17) is 9.90 Å². The minimum atomic E-state index is -4.46. The van der Waals surface area contributed by atoms with Crippen LogP contribution in [0.1, 0.15) is 26.7 Å². The van der Waals surface area contributed by atoms with Crippen molar-refractivity contribution < 1.29 is 36.2 Å². The molecule has 0 fully saturated rings. The van der Waals surface area contributed by atoms with E-state index in [1.54, 1.807) is 6.92 Å². The first-order valence-electron chi connectivity index (χ1n) is 5.52. The minimum absolute atomic E-state index is 0.0835. The molecule has 0 atom stereocenters. The lowest BCUT2D eigenvalue weighted by Crippen LogP contribution is -2.20. The number of carboxylic acid groups (broad SMARTS) is 1. The number of alkyl halides is 6. The maximum Gasteiger partial charge on any atom is 0.421 e. The molecule has 0 N–H and O–H groups in total. The fraction of sp³-hybridized carbons (Fsp3) is 0.900. The molecule has 0 unspecified atom stereocenters. The molecule has 0 saturated heterocycles. The van der Waals surface area contributed by atoms with E-state index in [9.17, 15) is 26.3 Å². The Balaban J connectivity index is 0. The Bertz CT molecular complexity index is 231. The van der Waals surface area contributed by atoms with Gasteiger partial charge in [0.2, 0.25) is 0 Å². The summed E-state index contributed by atoms with van der Waals surface area (Å²) in [5.41, 5.74) is 0. The van der Waals surface area contributed by atoms with Gasteiger partial charge in [0.05, 0.1) is 6.16 Å². The van der Waals surface area contributed by atoms with Crippen molar-refractivity contribution in [3.8, 4) is 0 Å². The van der Waals surface area contributed by atoms with Crippen LogP contribution in [0.25, 0.3) is 0 Å². The monoisotopic (exact) mass is 314 g/mol. The maximum atomic E-state index is 12.0. The zero-order chi connectivity index (χ0) is 15.7. The highest BCUT2D eigenvalue weighted by molar-refractivity contribution is 7.57. The average Bonchev–Trinajstić information content (AvgIpc) is 2.07. The molecule has 19 heavy (non-hydrogen) atoms. The van der Waals surface area contributed by atoms with Crippen molar-refractivity contribution in [1.82, 2.24) is 0 Å². The zero-order valence-corrected chi connectivity index (χ0v) is 11.6. The van der Waals surface area contributed by atoms with Crippen LogP contribution in [0.3, 0.4) is 0 Å². The SMILES string of the molecule is CC(=O)[O-].CCCC[PH+](CC(F)(F)F)CC(F)(F)F. The van der Waals surface area contributed by atoms with E-state index in [1.165, 1.54) is 0 Å². The highest BCUT2D eigenvalue weighted by atomic mass is 31.1. The van der Waals surface area contributed by atoms with Crippen LogP contribution in [0.4, 0.5) is 26.3 Å². The van der Waals surface area contributed by atoms with Gasteiger partial charge in [0.15, 0.2) is 12.3 Å². The molecule has 0 aromatic carbocycles. The van der Waals surface area contributed by atoms with Crippen LogP contribution >= 0.6 is 7.92 Å². The number of aliphatic carboxylic acids is 1. The number of halogens is 6. The second kappa shape index (κ2) is 9.39. The third-order valence-corrected chi connectivity index (χ3v) is 4.65. The van der Waals surface area contributed by atoms with Gasteiger partial charge in [-0.15, -0.1) is 0 Å². The molecule has 0 aromatic heterocycles. The van der Waals surface area contributed by atoms with Gasteiger partial charge in [-0.25, -0.2) is 0 Å². The summed E-state index contributed by atoms with van der Waals surface area (Å²) in [6.45, 7) is 2.72. The third-order valence-electron chi connectivity index (χ3n) is 1.78. The normalized spacial score (nSPS) is 12.1. The largest absolute Gasteiger partial charge is 0.550 e. The lowest BCUT2D eigenvalue weighted by molar-refractivity contribution is -0.302. The van der Waals surface area contributed by atoms with Crippen molar-refractivity contribution in [3.63, 3.8) is 0 Å². The molecule has 0 aliphatic heterocycles. The number of carboxylic acids is 1. The number of hydrogen-bond acceptors (Lipinski definition) is 2. The second-order valence-corrected chi connectivity index (χ2v) is 6.64. The van der Waals surface area contributed by atoms with Crippen molar-refractivity contribution in [2.24, 2.45) is 0 Å². The van der Waals surface area contributed by atoms with Gasteiger partial charge in [0.25, 0.3) is 0 Å². The third kappa shape index (κ3) is 23.1. The predicted octanol–water partition coefficient (Wildman–Crippen LogP) is 2.88. The molecule has 9 heteroatoms. The Morgan fingerprint density at radius 2 is 1.37 bits per heavy atom. The van der Waals surface area contributed by atoms with Crippen molar-refractivity contribution in [2.75, 3.05) is 18.5 Å². The van der Waals surface area contributed by atoms with Crippen LogP contribution in [0, 0.1) is 0 Å². The average molecular weight is 314 g/mol. The number of unbranched alkanes of at least 4 members (excludes halogenated alkanes) is 1. The summed E-state index contributed by atoms with van der Waals surface area (Å²) >= 11 is 0. The molecule has 0 saturated carbocycles. The predicted molar refractivity (Wildman–Crippen MR) is 60.6 cm³/mol. The Labute approximate surface area is 108 Å². The van der Waals surface area contributed by atoms with Crippen LogP contribution in [0.15, 0.2) is 0 Å². The Hall–Kier alpha value is -0.520. The van der Waals surface area contributed by atoms with Gasteiger partial charge in [-0.3, -0.25) is 0 Å². The summed E-state index contributed by atoms with van der Waals surface area (Å²) in [5, 5.41) is 8.89. The summed E-state index contributed by atoms with van der Waals surface area (Å²) in [7, 11) is -2.37. The highest BCUT2D eigenvalue weighted by Crippen LogP contribution is 2.46. The standard InChI is InChI=1S/C8H13F6P.C2H4O2/c1-2-3-4-15(5-7(9,10)11)6-8(12,13)14;1-2(3)4/h2-6H2,1H3;1H3,(H,3,4). The van der Waals surface area contributed by atoms with Crippen LogP contribution in [-0.2, 0) is 4.79 Å². The Morgan fingerprint density at radius 3 is 1.58 bits per heavy atom. The molecule has 116 valence electrons. The molecule has 0 rings (SSSR count). The van der Waals surface area contributed by atoms with Crippen molar-refractivity contribution in [2.45, 2.75) is 39.0 Å². The molecular formula is C10H17F6O2P. The van der Waals surface area contributed by atoms with E-state index < -0.39 is 38.6 Å². The summed E-state index contributed by atoms with van der Waals surface area (Å²) < 4.78 is 71.8. The first-order chi connectivity index (χ1) is 8.37. The molecule has 0 aromatic rings. The van der Waals surface area contributed by atoms with Gasteiger partial charge in [-0.05, 0) is 13.3 Å². The summed E-state index contributed by atoms with van der Waals surface area (Å²) in [6, 6.07) is 0. The van der Waals surface area contributed by atoms with Crippen LogP contribution in [0.5, 0.6) is 0 Å². The van der Waals surface area contributed by atoms with Gasteiger partial charge in [-0.1, -0.05) is 13.3 Å². The first kappa shape index (κ1) is 20.8. The molecule has 0 heterocycles. The zero-order valence-electron chi connectivity index (χ0n) is 10.6. The maximum absolute atomic E-state index is 12.0. The van der Waals surface area contributed by atoms with Crippen LogP contribution in [0.2, 0.25) is 0 Å². The van der Waals surface area contributed by atoms with E-state index in [1.807, 2.05) is 0 Å². The molecule has 2 nitrogen and oxygen atoms in total. The summed E-state index contributed by atoms with van der Waals surface area (Å²) in [5.74, 6) is -1.08. The number of carbonyl (C=O) groups is 1. The Morgan fingerprint density at radius 1 is 1.05 bits per heavy atom. The second-order valence-electron chi connectivity index (χ2n) is 3.93. The van der Waals surface area contributed by atoms with E-state index in [2.05, 4.69) is 0 Å². The fourth-order valence-corrected chi connectivity index (χ4v) is 3.70. The van der Waals surface area contributed by atoms with E-state index in [0.717, 1.165) is 6.92 Å². The molecule has 0 aliphatic rings. The number of carbonyl (C=O) groups excluding carboxylic acids is 1. The molecule has 0 aliphatic carbocycles. The van der Waals surface area contributed by atoms with Crippen molar-refractivity contribution >= 4 is 13.9 Å². The van der Waals surface area contributed by atoms with Crippen LogP contribution < -0.4 is 5.11 Å². The first-order valence-corrected chi connectivity index (χ1v) is 7.64. The van der Waals surface area contributed by atoms with Gasteiger partial charge in [0.1, 0.15) is 0 Å². The molecule has 0 radical (unpaired) electrons. The van der Waals surface area contributed by atoms with Crippen LogP contribution in [-0.4, -0.2) is 36.8 Å². The minimum Gasteiger partial charge on any atom is -0.550 e. The molecule has 0 bridgehead atoms. The smallest absolute Gasteiger partial charge is 0.421 e. The number of rotatable bonds is 5. The van der Waals surface area contributed by atoms with Crippen molar-refractivity contribution in [1.29, 1.82) is 0 Å². The molecule has 0 amide bonds. The van der Waals surface area contributed by atoms with Gasteiger partial charge >= 0.3 is 12.4 Å². The van der Waals surface area contributed by atoms with E-state index >= 15 is 0 Å². The molecular weight excluding hydrogens is 297 g/mol.